The number of phenolic OH excluding ortho intramolecular Hbond substituents is 2. The average Bonchev–Trinajstić information content (AvgIpc) is 2.42. The normalized spacial score (nSPS) is 9.50. The molecule has 0 aliphatic heterocycles. The van der Waals surface area contributed by atoms with Crippen LogP contribution in [0.25, 0.3) is 0 Å². The van der Waals surface area contributed by atoms with Crippen LogP contribution in [0.4, 0.5) is 0 Å². The van der Waals surface area contributed by atoms with E-state index >= 15 is 0 Å². The van der Waals surface area contributed by atoms with Crippen molar-refractivity contribution in [1.82, 2.24) is 0 Å². The molecule has 0 saturated heterocycles. The molecule has 4 heteroatoms. The number of aromatic carboxylic acids is 1. The smallest absolute Gasteiger partial charge is 0.335 e. The van der Waals surface area contributed by atoms with E-state index in [1.54, 1.807) is 12.1 Å². The zero-order valence-corrected chi connectivity index (χ0v) is 11.5. The Morgan fingerprint density at radius 2 is 1.50 bits per heavy atom. The lowest BCUT2D eigenvalue weighted by Gasteiger charge is -2.02. The number of carboxylic acid groups (broad SMARTS) is 1. The lowest BCUT2D eigenvalue weighted by Crippen LogP contribution is -1.97. The van der Waals surface area contributed by atoms with E-state index in [9.17, 15) is 4.79 Å². The lowest BCUT2D eigenvalue weighted by molar-refractivity contribution is 0.0696. The number of carbonyl (C=O) groups is 1. The molecule has 0 aromatic heterocycles. The van der Waals surface area contributed by atoms with Crippen molar-refractivity contribution in [3.8, 4) is 11.5 Å². The summed E-state index contributed by atoms with van der Waals surface area (Å²) in [6.07, 6.45) is 0.950. The number of aryl methyl sites for hydroxylation is 2. The Labute approximate surface area is 117 Å². The Balaban J connectivity index is 0.000000217. The van der Waals surface area contributed by atoms with Crippen LogP contribution in [0, 0.1) is 6.92 Å². The molecule has 2 aromatic rings. The minimum absolute atomic E-state index is 0.169. The topological polar surface area (TPSA) is 77.8 Å². The van der Waals surface area contributed by atoms with E-state index in [1.165, 1.54) is 29.8 Å². The molecule has 0 atom stereocenters. The highest BCUT2D eigenvalue weighted by molar-refractivity contribution is 5.87. The van der Waals surface area contributed by atoms with Gasteiger partial charge in [-0.05, 0) is 60.9 Å². The van der Waals surface area contributed by atoms with E-state index in [2.05, 4.69) is 6.92 Å². The summed E-state index contributed by atoms with van der Waals surface area (Å²) in [6.45, 7) is 3.99. The maximum Gasteiger partial charge on any atom is 0.335 e. The highest BCUT2D eigenvalue weighted by Crippen LogP contribution is 2.13. The van der Waals surface area contributed by atoms with E-state index in [0.717, 1.165) is 12.0 Å². The van der Waals surface area contributed by atoms with Crippen molar-refractivity contribution in [3.63, 3.8) is 0 Å². The lowest BCUT2D eigenvalue weighted by atomic mass is 10.0. The molecule has 0 heterocycles. The molecule has 106 valence electrons. The van der Waals surface area contributed by atoms with Crippen LogP contribution in [0.5, 0.6) is 11.5 Å². The van der Waals surface area contributed by atoms with Gasteiger partial charge in [0.1, 0.15) is 11.5 Å². The standard InChI is InChI=1S/C10H12O2.C6H6O2/c1-3-8-4-5-9(10(11)12)6-7(8)2;7-5-1-2-6(8)4-3-5/h4-6H,3H2,1-2H3,(H,11,12);1-4,7-8H. The number of hydrogen-bond acceptors (Lipinski definition) is 3. The predicted molar refractivity (Wildman–Crippen MR) is 77.3 cm³/mol. The van der Waals surface area contributed by atoms with Gasteiger partial charge in [-0.2, -0.15) is 0 Å². The highest BCUT2D eigenvalue weighted by atomic mass is 16.4. The number of rotatable bonds is 2. The molecule has 0 spiro atoms. The second-order valence-corrected chi connectivity index (χ2v) is 4.32. The highest BCUT2D eigenvalue weighted by Gasteiger charge is 2.03. The molecule has 3 N–H and O–H groups in total. The van der Waals surface area contributed by atoms with Crippen LogP contribution in [0.3, 0.4) is 0 Å². The van der Waals surface area contributed by atoms with Crippen LogP contribution in [-0.4, -0.2) is 21.3 Å². The fourth-order valence-corrected chi connectivity index (χ4v) is 1.68. The van der Waals surface area contributed by atoms with Crippen molar-refractivity contribution in [2.45, 2.75) is 20.3 Å². The largest absolute Gasteiger partial charge is 0.508 e. The summed E-state index contributed by atoms with van der Waals surface area (Å²) < 4.78 is 0. The van der Waals surface area contributed by atoms with Crippen LogP contribution < -0.4 is 0 Å². The second-order valence-electron chi connectivity index (χ2n) is 4.32. The van der Waals surface area contributed by atoms with Crippen molar-refractivity contribution in [2.24, 2.45) is 0 Å². The van der Waals surface area contributed by atoms with Crippen LogP contribution in [-0.2, 0) is 6.42 Å². The second kappa shape index (κ2) is 7.19. The number of phenols is 2. The number of benzene rings is 2. The van der Waals surface area contributed by atoms with Gasteiger partial charge in [0.25, 0.3) is 0 Å². The van der Waals surface area contributed by atoms with E-state index < -0.39 is 5.97 Å². The maximum atomic E-state index is 10.6. The predicted octanol–water partition coefficient (Wildman–Crippen LogP) is 3.35. The van der Waals surface area contributed by atoms with E-state index in [4.69, 9.17) is 15.3 Å². The molecule has 0 bridgehead atoms. The molecule has 0 aliphatic rings. The third kappa shape index (κ3) is 4.65. The number of aromatic hydroxyl groups is 2. The Morgan fingerprint density at radius 3 is 1.85 bits per heavy atom. The van der Waals surface area contributed by atoms with Gasteiger partial charge in [-0.25, -0.2) is 4.79 Å². The van der Waals surface area contributed by atoms with Crippen LogP contribution >= 0.6 is 0 Å². The van der Waals surface area contributed by atoms with Crippen molar-refractivity contribution in [2.75, 3.05) is 0 Å². The SMILES string of the molecule is CCc1ccc(C(=O)O)cc1C.Oc1ccc(O)cc1. The molecule has 0 unspecified atom stereocenters. The summed E-state index contributed by atoms with van der Waals surface area (Å²) in [6, 6.07) is 10.9. The molecule has 0 saturated carbocycles. The molecule has 0 fully saturated rings. The first-order valence-corrected chi connectivity index (χ1v) is 6.25. The van der Waals surface area contributed by atoms with Gasteiger partial charge in [-0.3, -0.25) is 0 Å². The Bertz CT molecular complexity index is 553. The van der Waals surface area contributed by atoms with Crippen LogP contribution in [0.2, 0.25) is 0 Å². The summed E-state index contributed by atoms with van der Waals surface area (Å²) in [5, 5.41) is 26.0. The number of hydrogen-bond donors (Lipinski definition) is 3. The average molecular weight is 274 g/mol. The summed E-state index contributed by atoms with van der Waals surface area (Å²) >= 11 is 0. The van der Waals surface area contributed by atoms with Crippen LogP contribution in [0.15, 0.2) is 42.5 Å². The van der Waals surface area contributed by atoms with Crippen molar-refractivity contribution < 1.29 is 20.1 Å². The Morgan fingerprint density at radius 1 is 1.00 bits per heavy atom. The van der Waals surface area contributed by atoms with Gasteiger partial charge in [0.2, 0.25) is 0 Å². The van der Waals surface area contributed by atoms with E-state index in [-0.39, 0.29) is 11.5 Å². The molecule has 2 rings (SSSR count). The van der Waals surface area contributed by atoms with Crippen molar-refractivity contribution in [3.05, 3.63) is 59.2 Å². The van der Waals surface area contributed by atoms with E-state index in [1.807, 2.05) is 13.0 Å². The van der Waals surface area contributed by atoms with E-state index in [0.29, 0.717) is 5.56 Å². The van der Waals surface area contributed by atoms with Crippen LogP contribution in [0.1, 0.15) is 28.4 Å². The van der Waals surface area contributed by atoms with Gasteiger partial charge >= 0.3 is 5.97 Å². The zero-order valence-electron chi connectivity index (χ0n) is 11.5. The molecule has 0 amide bonds. The monoisotopic (exact) mass is 274 g/mol. The first-order valence-electron chi connectivity index (χ1n) is 6.25. The molecular weight excluding hydrogens is 256 g/mol. The van der Waals surface area contributed by atoms with Gasteiger partial charge in [0.15, 0.2) is 0 Å². The third-order valence-corrected chi connectivity index (χ3v) is 2.82. The fourth-order valence-electron chi connectivity index (χ4n) is 1.68. The van der Waals surface area contributed by atoms with Gasteiger partial charge < -0.3 is 15.3 Å². The molecule has 0 aliphatic carbocycles. The summed E-state index contributed by atoms with van der Waals surface area (Å²) in [5.74, 6) is -0.522. The minimum atomic E-state index is -0.860. The first kappa shape index (κ1) is 15.6. The Kier molecular flexibility index (Phi) is 5.59. The quantitative estimate of drug-likeness (QED) is 0.734. The molecular formula is C16H18O4. The van der Waals surface area contributed by atoms with Gasteiger partial charge in [0, 0.05) is 0 Å². The fraction of sp³-hybridized carbons (Fsp3) is 0.188. The minimum Gasteiger partial charge on any atom is -0.508 e. The first-order chi connectivity index (χ1) is 9.43. The molecule has 2 aromatic carbocycles. The molecule has 4 nitrogen and oxygen atoms in total. The molecule has 20 heavy (non-hydrogen) atoms. The Hall–Kier alpha value is -2.49. The van der Waals surface area contributed by atoms with Gasteiger partial charge in [-0.1, -0.05) is 13.0 Å². The van der Waals surface area contributed by atoms with Crippen molar-refractivity contribution >= 4 is 5.97 Å². The zero-order chi connectivity index (χ0) is 15.1. The van der Waals surface area contributed by atoms with Gasteiger partial charge in [0.05, 0.1) is 5.56 Å². The summed E-state index contributed by atoms with van der Waals surface area (Å²) in [7, 11) is 0. The van der Waals surface area contributed by atoms with Crippen molar-refractivity contribution in [1.29, 1.82) is 0 Å². The third-order valence-electron chi connectivity index (χ3n) is 2.82. The number of carboxylic acids is 1. The summed E-state index contributed by atoms with van der Waals surface area (Å²) in [5.41, 5.74) is 2.63. The summed E-state index contributed by atoms with van der Waals surface area (Å²) in [4.78, 5) is 10.6. The molecule has 0 radical (unpaired) electrons. The van der Waals surface area contributed by atoms with Gasteiger partial charge in [-0.15, -0.1) is 0 Å². The maximum absolute atomic E-state index is 10.6.